The van der Waals surface area contributed by atoms with Crippen LogP contribution in [-0.4, -0.2) is 29.6 Å². The topological polar surface area (TPSA) is 100 Å². The van der Waals surface area contributed by atoms with Gasteiger partial charge in [-0.15, -0.1) is 0 Å². The van der Waals surface area contributed by atoms with Crippen LogP contribution in [0.5, 0.6) is 0 Å². The lowest BCUT2D eigenvalue weighted by Crippen LogP contribution is -2.39. The van der Waals surface area contributed by atoms with E-state index in [1.54, 1.807) is 32.9 Å². The summed E-state index contributed by atoms with van der Waals surface area (Å²) in [5.41, 5.74) is 0.820. The standard InChI is InChI=1S/C24H32NO7P/c1-18(22(26)29-16-20-12-8-6-9-13-20)32-33(28,30-17-21-14-10-7-11-15-21)19(2)25-23(27)31-24(3,4)5/h6-15,18-19H,16-17H2,1-5H3,(H,25,27)/t18-,19-,33?/m1/s1. The molecule has 33 heavy (non-hydrogen) atoms. The van der Waals surface area contributed by atoms with Crippen LogP contribution in [0.4, 0.5) is 4.79 Å². The number of rotatable bonds is 10. The number of alkyl carbamates (subject to hydrolysis) is 1. The SMILES string of the molecule is C[C@H](NC(=O)OC(C)(C)C)P(=O)(OCc1ccccc1)O[C@H](C)C(=O)OCc1ccccc1. The Morgan fingerprint density at radius 2 is 1.42 bits per heavy atom. The molecule has 2 aromatic rings. The van der Waals surface area contributed by atoms with Gasteiger partial charge < -0.3 is 19.3 Å². The third-order valence-corrected chi connectivity index (χ3v) is 6.49. The molecule has 0 fully saturated rings. The van der Waals surface area contributed by atoms with Crippen LogP contribution in [0.25, 0.3) is 0 Å². The summed E-state index contributed by atoms with van der Waals surface area (Å²) in [6.07, 6.45) is -1.97. The smallest absolute Gasteiger partial charge is 0.408 e. The van der Waals surface area contributed by atoms with E-state index in [-0.39, 0.29) is 13.2 Å². The van der Waals surface area contributed by atoms with Crippen LogP contribution in [0.1, 0.15) is 45.7 Å². The number of hydrogen-bond donors (Lipinski definition) is 1. The summed E-state index contributed by atoms with van der Waals surface area (Å²) in [5, 5.41) is 2.49. The van der Waals surface area contributed by atoms with E-state index in [4.69, 9.17) is 18.5 Å². The van der Waals surface area contributed by atoms with E-state index in [1.165, 1.54) is 13.8 Å². The van der Waals surface area contributed by atoms with Gasteiger partial charge in [-0.2, -0.15) is 0 Å². The molecule has 8 nitrogen and oxygen atoms in total. The Balaban J connectivity index is 2.08. The summed E-state index contributed by atoms with van der Waals surface area (Å²) in [5.74, 6) is -1.78. The summed E-state index contributed by atoms with van der Waals surface area (Å²) in [6.45, 7) is 8.04. The first-order chi connectivity index (χ1) is 15.5. The van der Waals surface area contributed by atoms with Crippen LogP contribution in [0, 0.1) is 0 Å². The van der Waals surface area contributed by atoms with Gasteiger partial charge in [-0.1, -0.05) is 60.7 Å². The third kappa shape index (κ3) is 9.38. The minimum Gasteiger partial charge on any atom is -0.459 e. The van der Waals surface area contributed by atoms with Gasteiger partial charge >= 0.3 is 19.7 Å². The zero-order chi connectivity index (χ0) is 24.5. The van der Waals surface area contributed by atoms with E-state index >= 15 is 0 Å². The lowest BCUT2D eigenvalue weighted by molar-refractivity contribution is -0.153. The molecule has 180 valence electrons. The molecule has 0 bridgehead atoms. The number of benzene rings is 2. The summed E-state index contributed by atoms with van der Waals surface area (Å²) in [7, 11) is -4.01. The molecular formula is C24H32NO7P. The Morgan fingerprint density at radius 3 is 1.94 bits per heavy atom. The van der Waals surface area contributed by atoms with Crippen LogP contribution >= 0.6 is 7.60 Å². The van der Waals surface area contributed by atoms with Crippen LogP contribution in [-0.2, 0) is 41.1 Å². The fourth-order valence-corrected chi connectivity index (χ4v) is 4.23. The molecule has 0 saturated carbocycles. The van der Waals surface area contributed by atoms with E-state index in [1.807, 2.05) is 48.5 Å². The van der Waals surface area contributed by atoms with Crippen molar-refractivity contribution in [1.29, 1.82) is 0 Å². The molecular weight excluding hydrogens is 445 g/mol. The molecule has 1 N–H and O–H groups in total. The molecule has 0 heterocycles. The molecule has 0 aliphatic heterocycles. The van der Waals surface area contributed by atoms with Gasteiger partial charge in [-0.25, -0.2) is 9.59 Å². The van der Waals surface area contributed by atoms with Gasteiger partial charge in [0.1, 0.15) is 18.0 Å². The number of carbonyl (C=O) groups is 2. The van der Waals surface area contributed by atoms with Crippen LogP contribution < -0.4 is 5.32 Å². The number of nitrogens with one attached hydrogen (secondary N) is 1. The van der Waals surface area contributed by atoms with E-state index < -0.39 is 37.1 Å². The Bertz CT molecular complexity index is 944. The van der Waals surface area contributed by atoms with Crippen molar-refractivity contribution in [3.63, 3.8) is 0 Å². The molecule has 0 radical (unpaired) electrons. The summed E-state index contributed by atoms with van der Waals surface area (Å²) < 4.78 is 35.4. The highest BCUT2D eigenvalue weighted by molar-refractivity contribution is 7.54. The summed E-state index contributed by atoms with van der Waals surface area (Å²) in [6, 6.07) is 18.2. The third-order valence-electron chi connectivity index (χ3n) is 4.31. The first-order valence-corrected chi connectivity index (χ1v) is 12.3. The van der Waals surface area contributed by atoms with Crippen molar-refractivity contribution in [3.8, 4) is 0 Å². The second kappa shape index (κ2) is 12.0. The van der Waals surface area contributed by atoms with Crippen LogP contribution in [0.15, 0.2) is 60.7 Å². The quantitative estimate of drug-likeness (QED) is 0.360. The van der Waals surface area contributed by atoms with Crippen LogP contribution in [0.2, 0.25) is 0 Å². The predicted molar refractivity (Wildman–Crippen MR) is 124 cm³/mol. The molecule has 3 atom stereocenters. The lowest BCUT2D eigenvalue weighted by Gasteiger charge is -2.28. The Morgan fingerprint density at radius 1 is 0.909 bits per heavy atom. The molecule has 2 aromatic carbocycles. The van der Waals surface area contributed by atoms with Crippen molar-refractivity contribution in [2.75, 3.05) is 0 Å². The van der Waals surface area contributed by atoms with Gasteiger partial charge in [0.2, 0.25) is 0 Å². The number of ether oxygens (including phenoxy) is 2. The summed E-state index contributed by atoms with van der Waals surface area (Å²) >= 11 is 0. The number of carbonyl (C=O) groups excluding carboxylic acids is 2. The van der Waals surface area contributed by atoms with Gasteiger partial charge in [0.25, 0.3) is 0 Å². The molecule has 0 spiro atoms. The minimum atomic E-state index is -4.01. The normalized spacial score (nSPS) is 15.1. The second-order valence-corrected chi connectivity index (χ2v) is 10.8. The van der Waals surface area contributed by atoms with Gasteiger partial charge in [0, 0.05) is 0 Å². The monoisotopic (exact) mass is 477 g/mol. The van der Waals surface area contributed by atoms with Crippen LogP contribution in [0.3, 0.4) is 0 Å². The zero-order valence-corrected chi connectivity index (χ0v) is 20.5. The van der Waals surface area contributed by atoms with Gasteiger partial charge in [0.05, 0.1) is 6.61 Å². The highest BCUT2D eigenvalue weighted by atomic mass is 31.2. The maximum Gasteiger partial charge on any atom is 0.408 e. The lowest BCUT2D eigenvalue weighted by atomic mass is 10.2. The zero-order valence-electron chi connectivity index (χ0n) is 19.6. The van der Waals surface area contributed by atoms with Gasteiger partial charge in [-0.3, -0.25) is 9.09 Å². The maximum atomic E-state index is 13.7. The van der Waals surface area contributed by atoms with E-state index in [9.17, 15) is 14.2 Å². The van der Waals surface area contributed by atoms with Crippen molar-refractivity contribution in [1.82, 2.24) is 5.32 Å². The Kier molecular flexibility index (Phi) is 9.65. The van der Waals surface area contributed by atoms with E-state index in [0.717, 1.165) is 11.1 Å². The van der Waals surface area contributed by atoms with Gasteiger partial charge in [-0.05, 0) is 45.7 Å². The minimum absolute atomic E-state index is 0.0375. The first-order valence-electron chi connectivity index (χ1n) is 10.7. The predicted octanol–water partition coefficient (Wildman–Crippen LogP) is 5.42. The number of esters is 1. The highest BCUT2D eigenvalue weighted by Gasteiger charge is 2.38. The van der Waals surface area contributed by atoms with Crippen molar-refractivity contribution >= 4 is 19.7 Å². The van der Waals surface area contributed by atoms with Crippen molar-refractivity contribution in [2.45, 2.75) is 65.3 Å². The maximum absolute atomic E-state index is 13.7. The van der Waals surface area contributed by atoms with E-state index in [0.29, 0.717) is 0 Å². The molecule has 1 unspecified atom stereocenters. The molecule has 2 rings (SSSR count). The molecule has 0 aromatic heterocycles. The molecule has 0 aliphatic carbocycles. The number of amides is 1. The fraction of sp³-hybridized carbons (Fsp3) is 0.417. The van der Waals surface area contributed by atoms with Crippen molar-refractivity contribution < 1.29 is 32.7 Å². The largest absolute Gasteiger partial charge is 0.459 e. The fourth-order valence-electron chi connectivity index (χ4n) is 2.64. The first kappa shape index (κ1) is 26.6. The molecule has 1 amide bonds. The highest BCUT2D eigenvalue weighted by Crippen LogP contribution is 2.53. The van der Waals surface area contributed by atoms with Gasteiger partial charge in [0.15, 0.2) is 6.10 Å². The molecule has 0 aliphatic rings. The average molecular weight is 477 g/mol. The average Bonchev–Trinajstić information content (AvgIpc) is 2.76. The Hall–Kier alpha value is -2.67. The molecule has 0 saturated heterocycles. The summed E-state index contributed by atoms with van der Waals surface area (Å²) in [4.78, 5) is 24.7. The number of hydrogen-bond acceptors (Lipinski definition) is 7. The molecule has 9 heteroatoms. The Labute approximate surface area is 195 Å². The van der Waals surface area contributed by atoms with Crippen molar-refractivity contribution in [3.05, 3.63) is 71.8 Å². The van der Waals surface area contributed by atoms with Crippen molar-refractivity contribution in [2.24, 2.45) is 0 Å². The van der Waals surface area contributed by atoms with E-state index in [2.05, 4.69) is 5.32 Å². The second-order valence-electron chi connectivity index (χ2n) is 8.46.